The Morgan fingerprint density at radius 2 is 2.11 bits per heavy atom. The van der Waals surface area contributed by atoms with Gasteiger partial charge in [-0.15, -0.1) is 0 Å². The summed E-state index contributed by atoms with van der Waals surface area (Å²) in [6.07, 6.45) is 0. The van der Waals surface area contributed by atoms with Crippen LogP contribution in [0, 0.1) is 5.82 Å². The average molecular weight is 287 g/mol. The van der Waals surface area contributed by atoms with E-state index in [4.69, 9.17) is 11.6 Å². The summed E-state index contributed by atoms with van der Waals surface area (Å²) in [5, 5.41) is 12.7. The summed E-state index contributed by atoms with van der Waals surface area (Å²) in [7, 11) is 0. The molecule has 1 saturated heterocycles. The van der Waals surface area contributed by atoms with Gasteiger partial charge in [0.05, 0.1) is 5.02 Å². The van der Waals surface area contributed by atoms with Crippen molar-refractivity contribution in [2.75, 3.05) is 26.2 Å². The summed E-state index contributed by atoms with van der Waals surface area (Å²) >= 11 is 5.76. The monoisotopic (exact) mass is 286 g/mol. The second-order valence-corrected chi connectivity index (χ2v) is 5.15. The summed E-state index contributed by atoms with van der Waals surface area (Å²) in [6, 6.07) is 4.09. The van der Waals surface area contributed by atoms with Crippen LogP contribution in [0.4, 0.5) is 4.39 Å². The van der Waals surface area contributed by atoms with Crippen molar-refractivity contribution in [3.05, 3.63) is 34.6 Å². The number of halogens is 2. The van der Waals surface area contributed by atoms with Crippen LogP contribution >= 0.6 is 11.6 Å². The minimum absolute atomic E-state index is 0.0555. The molecule has 6 heteroatoms. The van der Waals surface area contributed by atoms with Crippen molar-refractivity contribution < 1.29 is 14.3 Å². The molecule has 1 fully saturated rings. The van der Waals surface area contributed by atoms with Gasteiger partial charge in [-0.05, 0) is 24.6 Å². The Labute approximate surface area is 116 Å². The third-order valence-electron chi connectivity index (χ3n) is 3.65. The molecule has 1 aliphatic rings. The first-order chi connectivity index (χ1) is 8.96. The van der Waals surface area contributed by atoms with E-state index in [9.17, 15) is 14.3 Å². The first kappa shape index (κ1) is 14.2. The minimum atomic E-state index is -1.19. The van der Waals surface area contributed by atoms with Gasteiger partial charge in [0.25, 0.3) is 0 Å². The molecule has 1 heterocycles. The first-order valence-corrected chi connectivity index (χ1v) is 6.48. The zero-order valence-electron chi connectivity index (χ0n) is 10.6. The zero-order chi connectivity index (χ0) is 14.0. The molecular formula is C13H16ClFN2O2. The van der Waals surface area contributed by atoms with Crippen molar-refractivity contribution in [3.63, 3.8) is 0 Å². The van der Waals surface area contributed by atoms with E-state index < -0.39 is 17.3 Å². The molecule has 1 atom stereocenters. The van der Waals surface area contributed by atoms with Crippen molar-refractivity contribution in [2.24, 2.45) is 0 Å². The van der Waals surface area contributed by atoms with Gasteiger partial charge in [-0.2, -0.15) is 0 Å². The lowest BCUT2D eigenvalue weighted by atomic mass is 9.89. The van der Waals surface area contributed by atoms with Crippen molar-refractivity contribution in [3.8, 4) is 0 Å². The highest BCUT2D eigenvalue weighted by Gasteiger charge is 2.42. The van der Waals surface area contributed by atoms with Gasteiger partial charge in [0.15, 0.2) is 0 Å². The Balaban J connectivity index is 2.42. The number of nitrogens with zero attached hydrogens (tertiary/aromatic N) is 1. The van der Waals surface area contributed by atoms with E-state index in [1.165, 1.54) is 18.2 Å². The van der Waals surface area contributed by atoms with Gasteiger partial charge in [-0.3, -0.25) is 4.90 Å². The van der Waals surface area contributed by atoms with E-state index in [0.29, 0.717) is 18.7 Å². The van der Waals surface area contributed by atoms with Crippen LogP contribution in [0.25, 0.3) is 0 Å². The molecule has 1 aromatic carbocycles. The zero-order valence-corrected chi connectivity index (χ0v) is 11.4. The number of piperazine rings is 1. The quantitative estimate of drug-likeness (QED) is 0.888. The summed E-state index contributed by atoms with van der Waals surface area (Å²) in [6.45, 7) is 4.34. The van der Waals surface area contributed by atoms with E-state index >= 15 is 0 Å². The summed E-state index contributed by atoms with van der Waals surface area (Å²) in [5.74, 6) is -1.50. The lowest BCUT2D eigenvalue weighted by molar-refractivity contribution is -0.151. The topological polar surface area (TPSA) is 52.6 Å². The number of benzene rings is 1. The van der Waals surface area contributed by atoms with Crippen molar-refractivity contribution >= 4 is 17.6 Å². The second kappa shape index (κ2) is 5.45. The number of nitrogens with one attached hydrogen (secondary N) is 1. The molecule has 19 heavy (non-hydrogen) atoms. The second-order valence-electron chi connectivity index (χ2n) is 4.74. The van der Waals surface area contributed by atoms with Crippen LogP contribution in [-0.4, -0.2) is 42.2 Å². The third kappa shape index (κ3) is 2.59. The van der Waals surface area contributed by atoms with E-state index in [2.05, 4.69) is 5.32 Å². The lowest BCUT2D eigenvalue weighted by Gasteiger charge is -2.40. The Morgan fingerprint density at radius 3 is 2.63 bits per heavy atom. The molecule has 0 aliphatic carbocycles. The molecule has 1 aliphatic heterocycles. The van der Waals surface area contributed by atoms with Gasteiger partial charge in [0.2, 0.25) is 0 Å². The standard InChI is InChI=1S/C13H16ClFN2O2/c1-13(12(18)19,17-6-4-16-5-7-17)9-2-3-11(15)10(14)8-9/h2-3,8,16H,4-7H2,1H3,(H,18,19). The number of hydrogen-bond donors (Lipinski definition) is 2. The van der Waals surface area contributed by atoms with E-state index in [1.54, 1.807) is 6.92 Å². The molecule has 2 rings (SSSR count). The fourth-order valence-corrected chi connectivity index (χ4v) is 2.53. The van der Waals surface area contributed by atoms with Crippen LogP contribution in [-0.2, 0) is 10.3 Å². The smallest absolute Gasteiger partial charge is 0.328 e. The molecule has 0 spiro atoms. The van der Waals surface area contributed by atoms with E-state index in [1.807, 2.05) is 4.90 Å². The summed E-state index contributed by atoms with van der Waals surface area (Å²) in [4.78, 5) is 13.6. The van der Waals surface area contributed by atoms with Gasteiger partial charge >= 0.3 is 5.97 Å². The van der Waals surface area contributed by atoms with Crippen molar-refractivity contribution in [2.45, 2.75) is 12.5 Å². The number of aliphatic carboxylic acids is 1. The molecule has 2 N–H and O–H groups in total. The Morgan fingerprint density at radius 1 is 1.47 bits per heavy atom. The lowest BCUT2D eigenvalue weighted by Crippen LogP contribution is -2.56. The van der Waals surface area contributed by atoms with Gasteiger partial charge in [0, 0.05) is 26.2 Å². The molecule has 104 valence electrons. The van der Waals surface area contributed by atoms with Crippen LogP contribution in [0.3, 0.4) is 0 Å². The minimum Gasteiger partial charge on any atom is -0.480 e. The molecule has 0 amide bonds. The Bertz CT molecular complexity index is 492. The fraction of sp³-hybridized carbons (Fsp3) is 0.462. The predicted molar refractivity (Wildman–Crippen MR) is 70.8 cm³/mol. The van der Waals surface area contributed by atoms with Crippen molar-refractivity contribution in [1.82, 2.24) is 10.2 Å². The van der Waals surface area contributed by atoms with Gasteiger partial charge in [0.1, 0.15) is 11.4 Å². The highest BCUT2D eigenvalue weighted by molar-refractivity contribution is 6.30. The molecule has 0 radical (unpaired) electrons. The maximum Gasteiger partial charge on any atom is 0.328 e. The van der Waals surface area contributed by atoms with Crippen LogP contribution in [0.5, 0.6) is 0 Å². The van der Waals surface area contributed by atoms with Crippen LogP contribution in [0.1, 0.15) is 12.5 Å². The van der Waals surface area contributed by atoms with Crippen LogP contribution < -0.4 is 5.32 Å². The fourth-order valence-electron chi connectivity index (χ4n) is 2.35. The molecule has 4 nitrogen and oxygen atoms in total. The predicted octanol–water partition coefficient (Wildman–Crippen LogP) is 1.68. The largest absolute Gasteiger partial charge is 0.480 e. The number of carbonyl (C=O) groups is 1. The van der Waals surface area contributed by atoms with Gasteiger partial charge in [-0.1, -0.05) is 17.7 Å². The number of hydrogen-bond acceptors (Lipinski definition) is 3. The molecule has 0 saturated carbocycles. The Hall–Kier alpha value is -1.17. The van der Waals surface area contributed by atoms with Crippen LogP contribution in [0.15, 0.2) is 18.2 Å². The normalized spacial score (nSPS) is 19.9. The molecular weight excluding hydrogens is 271 g/mol. The number of carboxylic acid groups (broad SMARTS) is 1. The maximum atomic E-state index is 13.2. The SMILES string of the molecule is CC(C(=O)O)(c1ccc(F)c(Cl)c1)N1CCNCC1. The van der Waals surface area contributed by atoms with Gasteiger partial charge in [-0.25, -0.2) is 9.18 Å². The molecule has 0 aromatic heterocycles. The van der Waals surface area contributed by atoms with Crippen molar-refractivity contribution in [1.29, 1.82) is 0 Å². The maximum absolute atomic E-state index is 13.2. The van der Waals surface area contributed by atoms with E-state index in [-0.39, 0.29) is 5.02 Å². The third-order valence-corrected chi connectivity index (χ3v) is 3.94. The Kier molecular flexibility index (Phi) is 4.08. The highest BCUT2D eigenvalue weighted by Crippen LogP contribution is 2.31. The molecule has 0 bridgehead atoms. The first-order valence-electron chi connectivity index (χ1n) is 6.11. The summed E-state index contributed by atoms with van der Waals surface area (Å²) in [5.41, 5.74) is -0.701. The molecule has 1 aromatic rings. The summed E-state index contributed by atoms with van der Waals surface area (Å²) < 4.78 is 13.2. The number of carboxylic acids is 1. The average Bonchev–Trinajstić information content (AvgIpc) is 2.41. The molecule has 1 unspecified atom stereocenters. The highest BCUT2D eigenvalue weighted by atomic mass is 35.5. The van der Waals surface area contributed by atoms with E-state index in [0.717, 1.165) is 13.1 Å². The van der Waals surface area contributed by atoms with Crippen LogP contribution in [0.2, 0.25) is 5.02 Å². The number of rotatable bonds is 3. The van der Waals surface area contributed by atoms with Gasteiger partial charge < -0.3 is 10.4 Å².